The van der Waals surface area contributed by atoms with Crippen molar-refractivity contribution in [3.05, 3.63) is 196 Å². The summed E-state index contributed by atoms with van der Waals surface area (Å²) in [5, 5.41) is 0.471. The van der Waals surface area contributed by atoms with Crippen LogP contribution in [0.2, 0.25) is 0 Å². The van der Waals surface area contributed by atoms with Crippen molar-refractivity contribution in [1.29, 1.82) is 0 Å². The molecular formula is C55H50N2OS. The molecule has 13 rings (SSSR count). The van der Waals surface area contributed by atoms with Gasteiger partial charge in [-0.05, 0) is 136 Å². The zero-order valence-electron chi connectivity index (χ0n) is 33.6. The molecule has 292 valence electrons. The quantitative estimate of drug-likeness (QED) is 0.245. The molecule has 4 aliphatic heterocycles. The summed E-state index contributed by atoms with van der Waals surface area (Å²) in [5.41, 5.74) is 15.4. The van der Waals surface area contributed by atoms with Crippen molar-refractivity contribution in [2.75, 3.05) is 9.80 Å². The Hall–Kier alpha value is -5.03. The van der Waals surface area contributed by atoms with Crippen molar-refractivity contribution < 1.29 is 4.74 Å². The van der Waals surface area contributed by atoms with Crippen LogP contribution in [0.15, 0.2) is 185 Å². The zero-order chi connectivity index (χ0) is 38.8. The molecule has 10 aliphatic rings. The number of nitrogens with zero attached hydrogens (tertiary/aromatic N) is 2. The van der Waals surface area contributed by atoms with E-state index in [1.165, 1.54) is 56.2 Å². The molecular weight excluding hydrogens is 737 g/mol. The highest BCUT2D eigenvalue weighted by atomic mass is 32.2. The van der Waals surface area contributed by atoms with E-state index in [0.717, 1.165) is 32.1 Å². The average Bonchev–Trinajstić information content (AvgIpc) is 4.04. The summed E-state index contributed by atoms with van der Waals surface area (Å²) in [5.74, 6) is 2.60. The highest BCUT2D eigenvalue weighted by Gasteiger charge is 2.51. The number of thioether (sulfide) groups is 1. The van der Waals surface area contributed by atoms with E-state index in [1.807, 2.05) is 0 Å². The molecule has 3 nitrogen and oxygen atoms in total. The van der Waals surface area contributed by atoms with Crippen molar-refractivity contribution in [1.82, 2.24) is 0 Å². The summed E-state index contributed by atoms with van der Waals surface area (Å²) in [7, 11) is 0. The lowest BCUT2D eigenvalue weighted by molar-refractivity contribution is 0.0545. The Labute approximate surface area is 353 Å². The van der Waals surface area contributed by atoms with Gasteiger partial charge in [0.2, 0.25) is 0 Å². The van der Waals surface area contributed by atoms with E-state index < -0.39 is 0 Å². The minimum atomic E-state index is 0.0868. The predicted octanol–water partition coefficient (Wildman–Crippen LogP) is 13.0. The summed E-state index contributed by atoms with van der Waals surface area (Å²) in [6.07, 6.45) is 42.3. The number of rotatable bonds is 4. The van der Waals surface area contributed by atoms with E-state index in [4.69, 9.17) is 4.74 Å². The first-order chi connectivity index (χ1) is 29.2. The summed E-state index contributed by atoms with van der Waals surface area (Å²) >= 11 is 2.13. The SMILES string of the molecule is CC1CC=CC2=C1SC1C=CC=C(C3=CC(N4c5ccc(-c6ccc7c(c6)C6C=CC=CC6N7c6ccccc6)cc5C5C=CCCC54)=CC4OC5CC=CCC5C34)C21. The molecule has 4 heterocycles. The van der Waals surface area contributed by atoms with Crippen LogP contribution in [-0.4, -0.2) is 29.5 Å². The highest BCUT2D eigenvalue weighted by molar-refractivity contribution is 8.04. The number of hydrogen-bond acceptors (Lipinski definition) is 4. The van der Waals surface area contributed by atoms with Crippen molar-refractivity contribution >= 4 is 28.8 Å². The van der Waals surface area contributed by atoms with Crippen molar-refractivity contribution in [2.24, 2.45) is 23.7 Å². The number of para-hydroxylation sites is 1. The molecule has 6 aliphatic carbocycles. The van der Waals surface area contributed by atoms with Gasteiger partial charge in [-0.3, -0.25) is 0 Å². The van der Waals surface area contributed by atoms with Gasteiger partial charge < -0.3 is 14.5 Å². The molecule has 1 fully saturated rings. The van der Waals surface area contributed by atoms with Gasteiger partial charge in [0.15, 0.2) is 0 Å². The van der Waals surface area contributed by atoms with Gasteiger partial charge in [0.1, 0.15) is 0 Å². The first-order valence-corrected chi connectivity index (χ1v) is 23.2. The molecule has 0 spiro atoms. The maximum atomic E-state index is 7.13. The first-order valence-electron chi connectivity index (χ1n) is 22.3. The van der Waals surface area contributed by atoms with Gasteiger partial charge in [0.25, 0.3) is 0 Å². The minimum absolute atomic E-state index is 0.0868. The minimum Gasteiger partial charge on any atom is -0.370 e. The summed E-state index contributed by atoms with van der Waals surface area (Å²) < 4.78 is 7.13. The molecule has 11 atom stereocenters. The van der Waals surface area contributed by atoms with Crippen LogP contribution in [0, 0.1) is 23.7 Å². The number of allylic oxidation sites excluding steroid dienone is 12. The number of fused-ring (bicyclic) bond motifs is 11. The molecule has 0 amide bonds. The number of ether oxygens (including phenoxy) is 1. The largest absolute Gasteiger partial charge is 0.370 e. The van der Waals surface area contributed by atoms with Gasteiger partial charge in [-0.2, -0.15) is 0 Å². The Morgan fingerprint density at radius 2 is 1.54 bits per heavy atom. The summed E-state index contributed by atoms with van der Waals surface area (Å²) in [4.78, 5) is 6.89. The second-order valence-corrected chi connectivity index (χ2v) is 19.6. The van der Waals surface area contributed by atoms with Gasteiger partial charge in [-0.1, -0.05) is 116 Å². The molecule has 0 aromatic heterocycles. The molecule has 3 aromatic carbocycles. The molecule has 0 saturated carbocycles. The van der Waals surface area contributed by atoms with Crippen LogP contribution < -0.4 is 9.80 Å². The fourth-order valence-corrected chi connectivity index (χ4v) is 14.3. The fourth-order valence-electron chi connectivity index (χ4n) is 12.7. The number of hydrogen-bond donors (Lipinski definition) is 0. The molecule has 3 aromatic rings. The van der Waals surface area contributed by atoms with E-state index in [2.05, 4.69) is 186 Å². The second-order valence-electron chi connectivity index (χ2n) is 18.4. The molecule has 0 bridgehead atoms. The van der Waals surface area contributed by atoms with Crippen molar-refractivity contribution in [3.63, 3.8) is 0 Å². The molecule has 4 heteroatoms. The third-order valence-corrected chi connectivity index (χ3v) is 16.9. The lowest BCUT2D eigenvalue weighted by atomic mass is 9.68. The van der Waals surface area contributed by atoms with Gasteiger partial charge in [0, 0.05) is 57.7 Å². The monoisotopic (exact) mass is 786 g/mol. The Bertz CT molecular complexity index is 2600. The zero-order valence-corrected chi connectivity index (χ0v) is 34.4. The molecule has 59 heavy (non-hydrogen) atoms. The van der Waals surface area contributed by atoms with E-state index in [0.29, 0.717) is 52.8 Å². The van der Waals surface area contributed by atoms with E-state index in [1.54, 1.807) is 10.5 Å². The maximum Gasteiger partial charge on any atom is 0.0855 e. The lowest BCUT2D eigenvalue weighted by Gasteiger charge is -2.39. The molecule has 1 saturated heterocycles. The number of benzene rings is 3. The van der Waals surface area contributed by atoms with Crippen molar-refractivity contribution in [3.8, 4) is 11.1 Å². The molecule has 0 N–H and O–H groups in total. The Balaban J connectivity index is 0.902. The topological polar surface area (TPSA) is 15.7 Å². The Kier molecular flexibility index (Phi) is 7.96. The van der Waals surface area contributed by atoms with Crippen molar-refractivity contribution in [2.45, 2.75) is 80.4 Å². The standard InChI is InChI=1S/C55H50N2OS/c1-33-13-11-20-42-54-40(19-12-24-52(54)59-55(33)42)45-31-37(32-51-53(45)41-18-7-10-23-50(41)58-51)57-47-22-9-6-17-39(47)44-30-35(26-28-49(44)57)34-25-27-48-43(29-34)38-16-5-8-21-46(38)56(48)36-14-3-2-4-15-36/h2-8,10-12,14-17,19-21,24-33,38-39,41,46-47,50-54H,9,13,18,22-23H2,1H3. The van der Waals surface area contributed by atoms with Gasteiger partial charge in [0.05, 0.1) is 18.2 Å². The molecule has 11 unspecified atom stereocenters. The molecule has 0 radical (unpaired) electrons. The summed E-state index contributed by atoms with van der Waals surface area (Å²) in [6, 6.07) is 26.2. The van der Waals surface area contributed by atoms with Crippen LogP contribution in [0.3, 0.4) is 0 Å². The number of anilines is 3. The summed E-state index contributed by atoms with van der Waals surface area (Å²) in [6.45, 7) is 2.42. The van der Waals surface area contributed by atoms with Crippen LogP contribution in [0.4, 0.5) is 17.1 Å². The van der Waals surface area contributed by atoms with Crippen LogP contribution in [0.1, 0.15) is 62.0 Å². The van der Waals surface area contributed by atoms with Gasteiger partial charge in [-0.15, -0.1) is 11.8 Å². The van der Waals surface area contributed by atoms with E-state index in [9.17, 15) is 0 Å². The van der Waals surface area contributed by atoms with Gasteiger partial charge in [-0.25, -0.2) is 0 Å². The predicted molar refractivity (Wildman–Crippen MR) is 245 cm³/mol. The van der Waals surface area contributed by atoms with E-state index in [-0.39, 0.29) is 12.2 Å². The normalized spacial score (nSPS) is 35.0. The fraction of sp³-hybridized carbons (Fsp3) is 0.309. The Morgan fingerprint density at radius 1 is 0.729 bits per heavy atom. The average molecular weight is 787 g/mol. The van der Waals surface area contributed by atoms with Gasteiger partial charge >= 0.3 is 0 Å². The third-order valence-electron chi connectivity index (χ3n) is 15.3. The lowest BCUT2D eigenvalue weighted by Crippen LogP contribution is -2.37. The smallest absolute Gasteiger partial charge is 0.0855 e. The first kappa shape index (κ1) is 34.8. The highest BCUT2D eigenvalue weighted by Crippen LogP contribution is 2.59. The van der Waals surface area contributed by atoms with Crippen LogP contribution in [0.5, 0.6) is 0 Å². The maximum absolute atomic E-state index is 7.13. The Morgan fingerprint density at radius 3 is 2.42 bits per heavy atom. The van der Waals surface area contributed by atoms with E-state index >= 15 is 0 Å². The second kappa shape index (κ2) is 13.5. The van der Waals surface area contributed by atoms with Crippen LogP contribution >= 0.6 is 11.8 Å². The van der Waals surface area contributed by atoms with Crippen LogP contribution in [0.25, 0.3) is 11.1 Å². The third kappa shape index (κ3) is 5.25. The van der Waals surface area contributed by atoms with Crippen LogP contribution in [-0.2, 0) is 4.74 Å².